The second-order valence-electron chi connectivity index (χ2n) is 6.87. The van der Waals surface area contributed by atoms with Crippen LogP contribution in [0, 0.1) is 0 Å². The molecule has 0 bridgehead atoms. The molecule has 2 amide bonds. The molecular formula is C14H28N2O5. The van der Waals surface area contributed by atoms with Crippen LogP contribution < -0.4 is 5.73 Å². The molecular weight excluding hydrogens is 276 g/mol. The standard InChI is InChI=1S/C14H28N2O5/c1-9(10(17)8-15)16(11(18)20-13(2,3)4)12(19)21-14(5,6)7/h9-10,17H,8,15H2,1-7H3. The predicted octanol–water partition coefficient (Wildman–Crippen LogP) is 1.87. The van der Waals surface area contributed by atoms with Crippen LogP contribution >= 0.6 is 0 Å². The number of amides is 2. The molecule has 2 atom stereocenters. The molecule has 0 saturated carbocycles. The Kier molecular flexibility index (Phi) is 6.63. The number of hydrogen-bond acceptors (Lipinski definition) is 6. The van der Waals surface area contributed by atoms with Gasteiger partial charge in [0.1, 0.15) is 11.2 Å². The molecule has 21 heavy (non-hydrogen) atoms. The van der Waals surface area contributed by atoms with E-state index in [9.17, 15) is 14.7 Å². The van der Waals surface area contributed by atoms with Crippen molar-refractivity contribution < 1.29 is 24.2 Å². The van der Waals surface area contributed by atoms with Crippen molar-refractivity contribution in [2.45, 2.75) is 71.8 Å². The van der Waals surface area contributed by atoms with Gasteiger partial charge in [0.15, 0.2) is 0 Å². The number of aliphatic hydroxyl groups excluding tert-OH is 1. The molecule has 0 radical (unpaired) electrons. The molecule has 0 aliphatic carbocycles. The van der Waals surface area contributed by atoms with E-state index in [0.717, 1.165) is 4.90 Å². The lowest BCUT2D eigenvalue weighted by atomic mass is 10.1. The van der Waals surface area contributed by atoms with Crippen LogP contribution in [0.15, 0.2) is 0 Å². The van der Waals surface area contributed by atoms with Gasteiger partial charge in [0, 0.05) is 6.54 Å². The quantitative estimate of drug-likeness (QED) is 0.825. The highest BCUT2D eigenvalue weighted by atomic mass is 16.6. The number of nitrogens with two attached hydrogens (primary N) is 1. The highest BCUT2D eigenvalue weighted by molar-refractivity contribution is 5.88. The van der Waals surface area contributed by atoms with Crippen molar-refractivity contribution in [1.29, 1.82) is 0 Å². The summed E-state index contributed by atoms with van der Waals surface area (Å²) in [5, 5.41) is 9.81. The molecule has 0 rings (SSSR count). The molecule has 124 valence electrons. The lowest BCUT2D eigenvalue weighted by molar-refractivity contribution is -0.0203. The normalized spacial score (nSPS) is 15.1. The van der Waals surface area contributed by atoms with Gasteiger partial charge in [-0.25, -0.2) is 14.5 Å². The van der Waals surface area contributed by atoms with Crippen LogP contribution in [0.25, 0.3) is 0 Å². The third kappa shape index (κ3) is 7.29. The summed E-state index contributed by atoms with van der Waals surface area (Å²) < 4.78 is 10.4. The second kappa shape index (κ2) is 7.09. The average Bonchev–Trinajstić information content (AvgIpc) is 2.22. The molecule has 3 N–H and O–H groups in total. The maximum atomic E-state index is 12.2. The first-order valence-corrected chi connectivity index (χ1v) is 6.92. The third-order valence-corrected chi connectivity index (χ3v) is 2.39. The van der Waals surface area contributed by atoms with E-state index >= 15 is 0 Å². The highest BCUT2D eigenvalue weighted by Crippen LogP contribution is 2.17. The fourth-order valence-electron chi connectivity index (χ4n) is 1.40. The van der Waals surface area contributed by atoms with Gasteiger partial charge in [-0.1, -0.05) is 0 Å². The number of imide groups is 1. The van der Waals surface area contributed by atoms with Crippen molar-refractivity contribution in [3.63, 3.8) is 0 Å². The van der Waals surface area contributed by atoms with Crippen molar-refractivity contribution in [2.24, 2.45) is 5.73 Å². The minimum atomic E-state index is -1.06. The van der Waals surface area contributed by atoms with Crippen molar-refractivity contribution >= 4 is 12.2 Å². The summed E-state index contributed by atoms with van der Waals surface area (Å²) in [6, 6.07) is -0.861. The van der Waals surface area contributed by atoms with E-state index < -0.39 is 35.5 Å². The van der Waals surface area contributed by atoms with Crippen molar-refractivity contribution in [3.8, 4) is 0 Å². The van der Waals surface area contributed by atoms with Crippen LogP contribution in [0.5, 0.6) is 0 Å². The molecule has 7 heteroatoms. The summed E-state index contributed by atoms with van der Waals surface area (Å²) >= 11 is 0. The lowest BCUT2D eigenvalue weighted by Crippen LogP contribution is -2.53. The Balaban J connectivity index is 5.28. The van der Waals surface area contributed by atoms with Crippen LogP contribution in [-0.4, -0.2) is 52.1 Å². The molecule has 7 nitrogen and oxygen atoms in total. The van der Waals surface area contributed by atoms with Crippen molar-refractivity contribution in [2.75, 3.05) is 6.54 Å². The fraction of sp³-hybridized carbons (Fsp3) is 0.857. The summed E-state index contributed by atoms with van der Waals surface area (Å²) in [6.45, 7) is 11.5. The Hall–Kier alpha value is -1.34. The van der Waals surface area contributed by atoms with Gasteiger partial charge < -0.3 is 20.3 Å². The van der Waals surface area contributed by atoms with Gasteiger partial charge in [-0.3, -0.25) is 0 Å². The monoisotopic (exact) mass is 304 g/mol. The number of nitrogens with zero attached hydrogens (tertiary/aromatic N) is 1. The first kappa shape index (κ1) is 19.7. The maximum absolute atomic E-state index is 12.2. The molecule has 0 fully saturated rings. The van der Waals surface area contributed by atoms with Crippen LogP contribution in [-0.2, 0) is 9.47 Å². The van der Waals surface area contributed by atoms with E-state index in [0.29, 0.717) is 0 Å². The number of carbonyl (C=O) groups is 2. The Morgan fingerprint density at radius 3 is 1.62 bits per heavy atom. The largest absolute Gasteiger partial charge is 0.443 e. The molecule has 0 aliphatic heterocycles. The summed E-state index contributed by atoms with van der Waals surface area (Å²) in [6.07, 6.45) is -2.82. The topological polar surface area (TPSA) is 102 Å². The molecule has 0 spiro atoms. The van der Waals surface area contributed by atoms with Gasteiger partial charge in [-0.15, -0.1) is 0 Å². The van der Waals surface area contributed by atoms with Crippen LogP contribution in [0.3, 0.4) is 0 Å². The van der Waals surface area contributed by atoms with E-state index in [-0.39, 0.29) is 6.54 Å². The van der Waals surface area contributed by atoms with Crippen LogP contribution in [0.2, 0.25) is 0 Å². The predicted molar refractivity (Wildman–Crippen MR) is 78.8 cm³/mol. The first-order chi connectivity index (χ1) is 9.28. The number of ether oxygens (including phenoxy) is 2. The summed E-state index contributed by atoms with van der Waals surface area (Å²) in [4.78, 5) is 25.2. The maximum Gasteiger partial charge on any atom is 0.420 e. The van der Waals surface area contributed by atoms with Crippen molar-refractivity contribution in [3.05, 3.63) is 0 Å². The third-order valence-electron chi connectivity index (χ3n) is 2.39. The lowest BCUT2D eigenvalue weighted by Gasteiger charge is -2.33. The van der Waals surface area contributed by atoms with E-state index in [2.05, 4.69) is 0 Å². The van der Waals surface area contributed by atoms with Gasteiger partial charge >= 0.3 is 12.2 Å². The molecule has 2 unspecified atom stereocenters. The number of rotatable bonds is 3. The van der Waals surface area contributed by atoms with Gasteiger partial charge in [0.25, 0.3) is 0 Å². The van der Waals surface area contributed by atoms with Crippen LogP contribution in [0.1, 0.15) is 48.5 Å². The summed E-state index contributed by atoms with van der Waals surface area (Å²) in [5.74, 6) is 0. The SMILES string of the molecule is CC(C(O)CN)N(C(=O)OC(C)(C)C)C(=O)OC(C)(C)C. The Morgan fingerprint density at radius 1 is 1.05 bits per heavy atom. The molecule has 0 aliphatic rings. The minimum absolute atomic E-state index is 0.0940. The van der Waals surface area contributed by atoms with E-state index in [1.807, 2.05) is 0 Å². The minimum Gasteiger partial charge on any atom is -0.443 e. The zero-order valence-electron chi connectivity index (χ0n) is 14.0. The highest BCUT2D eigenvalue weighted by Gasteiger charge is 2.37. The van der Waals surface area contributed by atoms with E-state index in [1.54, 1.807) is 41.5 Å². The van der Waals surface area contributed by atoms with Gasteiger partial charge in [-0.2, -0.15) is 0 Å². The molecule has 0 aromatic carbocycles. The fourth-order valence-corrected chi connectivity index (χ4v) is 1.40. The van der Waals surface area contributed by atoms with Gasteiger partial charge in [-0.05, 0) is 48.5 Å². The number of hydrogen-bond donors (Lipinski definition) is 2. The molecule has 0 aromatic rings. The number of aliphatic hydroxyl groups is 1. The van der Waals surface area contributed by atoms with E-state index in [4.69, 9.17) is 15.2 Å². The first-order valence-electron chi connectivity index (χ1n) is 6.92. The molecule has 0 saturated heterocycles. The summed E-state index contributed by atoms with van der Waals surface area (Å²) in [7, 11) is 0. The Morgan fingerprint density at radius 2 is 1.38 bits per heavy atom. The smallest absolute Gasteiger partial charge is 0.420 e. The average molecular weight is 304 g/mol. The Bertz CT molecular complexity index is 343. The van der Waals surface area contributed by atoms with E-state index in [1.165, 1.54) is 6.92 Å². The Labute approximate surface area is 126 Å². The zero-order chi connectivity index (χ0) is 17.0. The summed E-state index contributed by atoms with van der Waals surface area (Å²) in [5.41, 5.74) is 3.84. The zero-order valence-corrected chi connectivity index (χ0v) is 14.0. The second-order valence-corrected chi connectivity index (χ2v) is 6.87. The van der Waals surface area contributed by atoms with Crippen molar-refractivity contribution in [1.82, 2.24) is 4.90 Å². The van der Waals surface area contributed by atoms with Gasteiger partial charge in [0.05, 0.1) is 12.1 Å². The molecule has 0 aromatic heterocycles. The number of carbonyl (C=O) groups excluding carboxylic acids is 2. The van der Waals surface area contributed by atoms with Crippen LogP contribution in [0.4, 0.5) is 9.59 Å². The molecule has 0 heterocycles. The van der Waals surface area contributed by atoms with Gasteiger partial charge in [0.2, 0.25) is 0 Å².